The highest BCUT2D eigenvalue weighted by molar-refractivity contribution is 5.68. The highest BCUT2D eigenvalue weighted by atomic mass is 19.1. The maximum absolute atomic E-state index is 14.3. The summed E-state index contributed by atoms with van der Waals surface area (Å²) in [6.07, 6.45) is 8.85. The summed E-state index contributed by atoms with van der Waals surface area (Å²) in [6, 6.07) is 9.18. The number of benzene rings is 1. The van der Waals surface area contributed by atoms with Crippen molar-refractivity contribution in [3.63, 3.8) is 0 Å². The Hall–Kier alpha value is -2.79. The number of rotatable bonds is 2. The zero-order valence-corrected chi connectivity index (χ0v) is 13.5. The monoisotopic (exact) mass is 338 g/mol. The lowest BCUT2D eigenvalue weighted by Crippen LogP contribution is -2.30. The number of imidazole rings is 1. The van der Waals surface area contributed by atoms with Crippen LogP contribution in [-0.4, -0.2) is 20.1 Å². The lowest BCUT2D eigenvalue weighted by atomic mass is 9.83. The van der Waals surface area contributed by atoms with E-state index in [4.69, 9.17) is 0 Å². The van der Waals surface area contributed by atoms with Crippen molar-refractivity contribution >= 4 is 5.52 Å². The molecule has 3 nitrogen and oxygen atoms in total. The summed E-state index contributed by atoms with van der Waals surface area (Å²) >= 11 is 0. The molecule has 2 atom stereocenters. The van der Waals surface area contributed by atoms with Crippen molar-refractivity contribution in [1.82, 2.24) is 9.38 Å². The molecule has 0 saturated carbocycles. The molecule has 0 aliphatic heterocycles. The molecule has 5 heteroatoms. The molecule has 0 saturated heterocycles. The van der Waals surface area contributed by atoms with E-state index in [1.54, 1.807) is 35.7 Å². The van der Waals surface area contributed by atoms with Gasteiger partial charge in [-0.1, -0.05) is 36.4 Å². The van der Waals surface area contributed by atoms with Crippen LogP contribution in [0.4, 0.5) is 8.78 Å². The fourth-order valence-electron chi connectivity index (χ4n) is 3.27. The fraction of sp³-hybridized carbons (Fsp3) is 0.150. The molecule has 0 fully saturated rings. The highest BCUT2D eigenvalue weighted by Crippen LogP contribution is 2.37. The van der Waals surface area contributed by atoms with Crippen LogP contribution in [0.15, 0.2) is 66.9 Å². The van der Waals surface area contributed by atoms with Gasteiger partial charge in [0.25, 0.3) is 0 Å². The molecule has 2 heterocycles. The molecule has 1 N–H and O–H groups in total. The Bertz CT molecular complexity index is 997. The summed E-state index contributed by atoms with van der Waals surface area (Å²) in [7, 11) is 0. The van der Waals surface area contributed by atoms with E-state index in [-0.39, 0.29) is 11.4 Å². The van der Waals surface area contributed by atoms with Crippen LogP contribution >= 0.6 is 0 Å². The lowest BCUT2D eigenvalue weighted by Gasteiger charge is -2.28. The molecule has 1 aliphatic carbocycles. The normalized spacial score (nSPS) is 22.6. The first kappa shape index (κ1) is 15.7. The van der Waals surface area contributed by atoms with Crippen LogP contribution in [0.1, 0.15) is 18.5 Å². The summed E-state index contributed by atoms with van der Waals surface area (Å²) in [5.74, 6) is -1.58. The molecular formula is C20H16F2N2O. The largest absolute Gasteiger partial charge is 0.385 e. The Morgan fingerprint density at radius 2 is 1.84 bits per heavy atom. The molecule has 25 heavy (non-hydrogen) atoms. The summed E-state index contributed by atoms with van der Waals surface area (Å²) in [5.41, 5.74) is -0.0380. The number of halogens is 2. The third-order valence-electron chi connectivity index (χ3n) is 4.54. The number of aliphatic hydroxyl groups is 1. The molecule has 3 aromatic rings. The first-order chi connectivity index (χ1) is 12.0. The minimum Gasteiger partial charge on any atom is -0.385 e. The second kappa shape index (κ2) is 5.63. The topological polar surface area (TPSA) is 37.5 Å². The standard InChI is InChI=1S/C20H16F2N2O/c1-20(25)11-4-2-7-13(20)18-16-10-3-5-12-24(16)19(23-18)17-14(21)8-6-9-15(17)22/h2-13,25H,1H3. The number of hydrogen-bond acceptors (Lipinski definition) is 2. The van der Waals surface area contributed by atoms with Gasteiger partial charge in [0.05, 0.1) is 28.3 Å². The quantitative estimate of drug-likeness (QED) is 0.759. The van der Waals surface area contributed by atoms with Gasteiger partial charge in [-0.15, -0.1) is 0 Å². The zero-order valence-electron chi connectivity index (χ0n) is 13.5. The maximum Gasteiger partial charge on any atom is 0.150 e. The van der Waals surface area contributed by atoms with Crippen LogP contribution in [0.2, 0.25) is 0 Å². The zero-order chi connectivity index (χ0) is 17.6. The molecule has 1 aromatic carbocycles. The van der Waals surface area contributed by atoms with Gasteiger partial charge >= 0.3 is 0 Å². The molecule has 0 spiro atoms. The smallest absolute Gasteiger partial charge is 0.150 e. The van der Waals surface area contributed by atoms with Crippen LogP contribution in [0.5, 0.6) is 0 Å². The molecule has 2 unspecified atom stereocenters. The van der Waals surface area contributed by atoms with E-state index in [1.165, 1.54) is 18.2 Å². The first-order valence-electron chi connectivity index (χ1n) is 7.99. The van der Waals surface area contributed by atoms with Crippen molar-refractivity contribution in [3.8, 4) is 11.4 Å². The van der Waals surface area contributed by atoms with Crippen molar-refractivity contribution in [2.24, 2.45) is 0 Å². The van der Waals surface area contributed by atoms with E-state index in [2.05, 4.69) is 4.98 Å². The van der Waals surface area contributed by atoms with Gasteiger partial charge in [0.15, 0.2) is 5.82 Å². The minimum atomic E-state index is -1.13. The highest BCUT2D eigenvalue weighted by Gasteiger charge is 2.34. The van der Waals surface area contributed by atoms with Gasteiger partial charge in [-0.25, -0.2) is 13.8 Å². The van der Waals surface area contributed by atoms with Gasteiger partial charge in [0, 0.05) is 6.20 Å². The number of hydrogen-bond donors (Lipinski definition) is 1. The van der Waals surface area contributed by atoms with Crippen LogP contribution in [0.3, 0.4) is 0 Å². The van der Waals surface area contributed by atoms with Crippen molar-refractivity contribution in [2.75, 3.05) is 0 Å². The van der Waals surface area contributed by atoms with Gasteiger partial charge in [0.2, 0.25) is 0 Å². The van der Waals surface area contributed by atoms with E-state index >= 15 is 0 Å². The van der Waals surface area contributed by atoms with Crippen LogP contribution < -0.4 is 0 Å². The van der Waals surface area contributed by atoms with Crippen molar-refractivity contribution in [3.05, 3.63) is 84.2 Å². The molecule has 0 bridgehead atoms. The summed E-state index contributed by atoms with van der Waals surface area (Å²) in [4.78, 5) is 4.54. The number of aromatic nitrogens is 2. The number of allylic oxidation sites excluding steroid dienone is 2. The van der Waals surface area contributed by atoms with E-state index in [1.807, 2.05) is 24.3 Å². The van der Waals surface area contributed by atoms with Crippen LogP contribution in [0, 0.1) is 11.6 Å². The second-order valence-electron chi connectivity index (χ2n) is 6.32. The maximum atomic E-state index is 14.3. The predicted molar refractivity (Wildman–Crippen MR) is 92.2 cm³/mol. The Labute approximate surface area is 143 Å². The predicted octanol–water partition coefficient (Wildman–Crippen LogP) is 4.24. The van der Waals surface area contributed by atoms with Crippen molar-refractivity contribution < 1.29 is 13.9 Å². The van der Waals surface area contributed by atoms with Gasteiger partial charge in [-0.2, -0.15) is 0 Å². The Morgan fingerprint density at radius 1 is 1.08 bits per heavy atom. The summed E-state index contributed by atoms with van der Waals surface area (Å²) < 4.78 is 30.3. The molecule has 4 rings (SSSR count). The molecular weight excluding hydrogens is 322 g/mol. The average Bonchev–Trinajstić information content (AvgIpc) is 2.94. The van der Waals surface area contributed by atoms with E-state index in [0.29, 0.717) is 11.2 Å². The molecule has 1 aliphatic rings. The molecule has 0 amide bonds. The average molecular weight is 338 g/mol. The lowest BCUT2D eigenvalue weighted by molar-refractivity contribution is 0.0938. The number of pyridine rings is 1. The second-order valence-corrected chi connectivity index (χ2v) is 6.32. The Kier molecular flexibility index (Phi) is 3.54. The Morgan fingerprint density at radius 3 is 2.56 bits per heavy atom. The van der Waals surface area contributed by atoms with E-state index in [0.717, 1.165) is 0 Å². The van der Waals surface area contributed by atoms with Gasteiger partial charge in [-0.05, 0) is 31.2 Å². The third-order valence-corrected chi connectivity index (χ3v) is 4.54. The Balaban J connectivity index is 2.00. The number of fused-ring (bicyclic) bond motifs is 1. The van der Waals surface area contributed by atoms with Crippen molar-refractivity contribution in [1.29, 1.82) is 0 Å². The van der Waals surface area contributed by atoms with Crippen LogP contribution in [0.25, 0.3) is 16.9 Å². The van der Waals surface area contributed by atoms with Crippen molar-refractivity contribution in [2.45, 2.75) is 18.4 Å². The van der Waals surface area contributed by atoms with Gasteiger partial charge in [-0.3, -0.25) is 4.40 Å². The van der Waals surface area contributed by atoms with Crippen LogP contribution in [-0.2, 0) is 0 Å². The van der Waals surface area contributed by atoms with Gasteiger partial charge < -0.3 is 5.11 Å². The summed E-state index contributed by atoms with van der Waals surface area (Å²) in [5, 5.41) is 10.7. The molecule has 2 aromatic heterocycles. The molecule has 126 valence electrons. The number of nitrogens with zero attached hydrogens (tertiary/aromatic N) is 2. The fourth-order valence-corrected chi connectivity index (χ4v) is 3.27. The molecule has 0 radical (unpaired) electrons. The van der Waals surface area contributed by atoms with Gasteiger partial charge in [0.1, 0.15) is 11.6 Å². The van der Waals surface area contributed by atoms with E-state index < -0.39 is 23.2 Å². The SMILES string of the molecule is CC1(O)C=CC=CC1c1nc(-c2c(F)cccc2F)n2ccccc12. The van der Waals surface area contributed by atoms with E-state index in [9.17, 15) is 13.9 Å². The summed E-state index contributed by atoms with van der Waals surface area (Å²) in [6.45, 7) is 1.69. The third kappa shape index (κ3) is 2.48. The minimum absolute atomic E-state index is 0.176. The first-order valence-corrected chi connectivity index (χ1v) is 7.99.